The monoisotopic (exact) mass is 523 g/mol. The third kappa shape index (κ3) is 5.00. The van der Waals surface area contributed by atoms with Crippen LogP contribution in [0.5, 0.6) is 17.2 Å². The number of rotatable bonds is 7. The molecule has 39 heavy (non-hydrogen) atoms. The van der Waals surface area contributed by atoms with Gasteiger partial charge in [-0.15, -0.1) is 0 Å². The molecule has 7 heteroatoms. The van der Waals surface area contributed by atoms with Gasteiger partial charge in [-0.2, -0.15) is 0 Å². The van der Waals surface area contributed by atoms with Gasteiger partial charge in [0, 0.05) is 29.3 Å². The lowest BCUT2D eigenvalue weighted by Crippen LogP contribution is -2.36. The number of allylic oxidation sites excluding steroid dienone is 3. The number of hydrogen-bond donors (Lipinski definition) is 1. The molecule has 2 heterocycles. The molecule has 7 nitrogen and oxygen atoms in total. The summed E-state index contributed by atoms with van der Waals surface area (Å²) in [7, 11) is 0. The lowest BCUT2D eigenvalue weighted by atomic mass is 9.71. The first-order valence-electron chi connectivity index (χ1n) is 13.1. The van der Waals surface area contributed by atoms with Gasteiger partial charge in [0.25, 0.3) is 0 Å². The number of dihydropyridines is 1. The number of ketones is 1. The number of fused-ring (bicyclic) bond motifs is 1. The van der Waals surface area contributed by atoms with Crippen LogP contribution in [0.3, 0.4) is 0 Å². The highest BCUT2D eigenvalue weighted by Crippen LogP contribution is 2.47. The van der Waals surface area contributed by atoms with Crippen molar-refractivity contribution in [1.29, 1.82) is 0 Å². The Morgan fingerprint density at radius 3 is 2.44 bits per heavy atom. The van der Waals surface area contributed by atoms with E-state index < -0.39 is 11.9 Å². The molecule has 0 fully saturated rings. The number of ether oxygens (including phenoxy) is 4. The molecular formula is C32H29NO6. The Kier molecular flexibility index (Phi) is 6.80. The Hall–Kier alpha value is -4.52. The number of benzene rings is 3. The Labute approximate surface area is 227 Å². The van der Waals surface area contributed by atoms with Gasteiger partial charge in [0.05, 0.1) is 5.57 Å². The molecule has 3 aliphatic rings. The zero-order valence-electron chi connectivity index (χ0n) is 21.6. The van der Waals surface area contributed by atoms with Crippen molar-refractivity contribution in [2.75, 3.05) is 20.0 Å². The lowest BCUT2D eigenvalue weighted by Gasteiger charge is -2.36. The fourth-order valence-corrected chi connectivity index (χ4v) is 5.58. The van der Waals surface area contributed by atoms with E-state index >= 15 is 0 Å². The molecule has 0 spiro atoms. The predicted octanol–water partition coefficient (Wildman–Crippen LogP) is 5.40. The van der Waals surface area contributed by atoms with E-state index in [9.17, 15) is 9.59 Å². The third-order valence-corrected chi connectivity index (χ3v) is 7.38. The Morgan fingerprint density at radius 1 is 0.897 bits per heavy atom. The molecular weight excluding hydrogens is 494 g/mol. The van der Waals surface area contributed by atoms with Crippen LogP contribution < -0.4 is 19.5 Å². The highest BCUT2D eigenvalue weighted by atomic mass is 16.7. The van der Waals surface area contributed by atoms with E-state index in [0.29, 0.717) is 46.9 Å². The summed E-state index contributed by atoms with van der Waals surface area (Å²) in [6, 6.07) is 25.0. The van der Waals surface area contributed by atoms with Crippen molar-refractivity contribution < 1.29 is 28.5 Å². The van der Waals surface area contributed by atoms with Crippen LogP contribution in [0.2, 0.25) is 0 Å². The minimum Gasteiger partial charge on any atom is -0.490 e. The number of para-hydroxylation sites is 1. The predicted molar refractivity (Wildman–Crippen MR) is 144 cm³/mol. The average molecular weight is 524 g/mol. The van der Waals surface area contributed by atoms with Crippen molar-refractivity contribution in [1.82, 2.24) is 5.32 Å². The minimum atomic E-state index is -0.581. The quantitative estimate of drug-likeness (QED) is 0.328. The smallest absolute Gasteiger partial charge is 0.336 e. The number of esters is 1. The topological polar surface area (TPSA) is 83.1 Å². The average Bonchev–Trinajstić information content (AvgIpc) is 3.43. The van der Waals surface area contributed by atoms with Crippen LogP contribution in [0.25, 0.3) is 0 Å². The molecule has 1 aliphatic carbocycles. The first kappa shape index (κ1) is 24.8. The van der Waals surface area contributed by atoms with Crippen LogP contribution in [0.1, 0.15) is 42.7 Å². The SMILES string of the molecule is CC1=C(C(=O)OCCOc2ccccc2)[C@H](c2ccc3c(c2)OCO3)C2=C(C[C@@H](c3ccccc3)CC2=O)N1. The van der Waals surface area contributed by atoms with Crippen molar-refractivity contribution in [2.45, 2.75) is 31.6 Å². The van der Waals surface area contributed by atoms with Gasteiger partial charge in [0.15, 0.2) is 17.3 Å². The number of carbonyl (C=O) groups is 2. The lowest BCUT2D eigenvalue weighted by molar-refractivity contribution is -0.140. The van der Waals surface area contributed by atoms with Crippen LogP contribution >= 0.6 is 0 Å². The van der Waals surface area contributed by atoms with Crippen LogP contribution in [-0.2, 0) is 14.3 Å². The molecule has 1 N–H and O–H groups in total. The maximum atomic E-state index is 13.8. The second-order valence-corrected chi connectivity index (χ2v) is 9.84. The van der Waals surface area contributed by atoms with Crippen molar-refractivity contribution in [3.63, 3.8) is 0 Å². The summed E-state index contributed by atoms with van der Waals surface area (Å²) in [5.74, 6) is 0.969. The molecule has 0 amide bonds. The van der Waals surface area contributed by atoms with Crippen LogP contribution in [0, 0.1) is 0 Å². The maximum absolute atomic E-state index is 13.8. The standard InChI is InChI=1S/C32H29NO6/c1-20-29(32(35)37-15-14-36-24-10-6-3-7-11-24)30(22-12-13-27-28(18-22)39-19-38-27)31-25(33-20)16-23(17-26(31)34)21-8-4-2-5-9-21/h2-13,18,23,30,33H,14-17,19H2,1H3/t23-,30+/m1/s1. The van der Waals surface area contributed by atoms with E-state index in [0.717, 1.165) is 16.8 Å². The molecule has 0 saturated heterocycles. The summed E-state index contributed by atoms with van der Waals surface area (Å²) in [5, 5.41) is 3.40. The summed E-state index contributed by atoms with van der Waals surface area (Å²) in [4.78, 5) is 27.3. The molecule has 6 rings (SSSR count). The molecule has 0 saturated carbocycles. The van der Waals surface area contributed by atoms with E-state index in [4.69, 9.17) is 18.9 Å². The number of carbonyl (C=O) groups excluding carboxylic acids is 2. The molecule has 198 valence electrons. The second-order valence-electron chi connectivity index (χ2n) is 9.84. The number of hydrogen-bond acceptors (Lipinski definition) is 7. The summed E-state index contributed by atoms with van der Waals surface area (Å²) in [6.07, 6.45) is 1.05. The molecule has 0 radical (unpaired) electrons. The van der Waals surface area contributed by atoms with Gasteiger partial charge in [-0.25, -0.2) is 4.79 Å². The van der Waals surface area contributed by atoms with Crippen molar-refractivity contribution in [3.8, 4) is 17.2 Å². The normalized spacial score (nSPS) is 19.9. The van der Waals surface area contributed by atoms with Crippen molar-refractivity contribution in [2.24, 2.45) is 0 Å². The number of Topliss-reactive ketones (excluding diaryl/α,β-unsaturated/α-hetero) is 1. The third-order valence-electron chi connectivity index (χ3n) is 7.38. The molecule has 0 aromatic heterocycles. The Balaban J connectivity index is 1.30. The fourth-order valence-electron chi connectivity index (χ4n) is 5.58. The largest absolute Gasteiger partial charge is 0.490 e. The first-order valence-corrected chi connectivity index (χ1v) is 13.1. The second kappa shape index (κ2) is 10.7. The summed E-state index contributed by atoms with van der Waals surface area (Å²) in [5.41, 5.74) is 4.46. The Morgan fingerprint density at radius 2 is 1.64 bits per heavy atom. The Bertz CT molecular complexity index is 1460. The highest BCUT2D eigenvalue weighted by Gasteiger charge is 2.41. The van der Waals surface area contributed by atoms with Gasteiger partial charge in [0.1, 0.15) is 19.0 Å². The highest BCUT2D eigenvalue weighted by molar-refractivity contribution is 6.04. The zero-order chi connectivity index (χ0) is 26.8. The molecule has 3 aromatic rings. The molecule has 3 aromatic carbocycles. The van der Waals surface area contributed by atoms with Crippen molar-refractivity contribution >= 4 is 11.8 Å². The van der Waals surface area contributed by atoms with Gasteiger partial charge >= 0.3 is 5.97 Å². The summed E-state index contributed by atoms with van der Waals surface area (Å²) >= 11 is 0. The van der Waals surface area contributed by atoms with Gasteiger partial charge in [0.2, 0.25) is 6.79 Å². The van der Waals surface area contributed by atoms with Crippen LogP contribution in [0.4, 0.5) is 0 Å². The minimum absolute atomic E-state index is 0.0190. The molecule has 0 unspecified atom stereocenters. The van der Waals surface area contributed by atoms with E-state index in [2.05, 4.69) is 17.4 Å². The van der Waals surface area contributed by atoms with E-state index in [1.165, 1.54) is 0 Å². The van der Waals surface area contributed by atoms with E-state index in [1.54, 1.807) is 0 Å². The zero-order valence-corrected chi connectivity index (χ0v) is 21.6. The summed E-state index contributed by atoms with van der Waals surface area (Å²) < 4.78 is 22.5. The van der Waals surface area contributed by atoms with Crippen molar-refractivity contribution in [3.05, 3.63) is 113 Å². The fraction of sp³-hybridized carbons (Fsp3) is 0.250. The van der Waals surface area contributed by atoms with Gasteiger partial charge in [-0.1, -0.05) is 54.6 Å². The molecule has 2 aliphatic heterocycles. The van der Waals surface area contributed by atoms with E-state index in [-0.39, 0.29) is 31.7 Å². The van der Waals surface area contributed by atoms with Gasteiger partial charge < -0.3 is 24.3 Å². The molecule has 0 bridgehead atoms. The van der Waals surface area contributed by atoms with Crippen LogP contribution in [-0.4, -0.2) is 31.8 Å². The first-order chi connectivity index (χ1) is 19.1. The van der Waals surface area contributed by atoms with Crippen LogP contribution in [0.15, 0.2) is 101 Å². The summed E-state index contributed by atoms with van der Waals surface area (Å²) in [6.45, 7) is 2.30. The van der Waals surface area contributed by atoms with E-state index in [1.807, 2.05) is 73.7 Å². The van der Waals surface area contributed by atoms with Gasteiger partial charge in [-0.05, 0) is 54.7 Å². The van der Waals surface area contributed by atoms with Gasteiger partial charge in [-0.3, -0.25) is 4.79 Å². The molecule has 2 atom stereocenters. The number of nitrogens with one attached hydrogen (secondary N) is 1. The maximum Gasteiger partial charge on any atom is 0.336 e.